The van der Waals surface area contributed by atoms with Crippen LogP contribution in [-0.4, -0.2) is 42.6 Å². The second-order valence-electron chi connectivity index (χ2n) is 5.59. The van der Waals surface area contributed by atoms with Gasteiger partial charge in [-0.25, -0.2) is 0 Å². The number of hydrogen-bond acceptors (Lipinski definition) is 3. The maximum Gasteiger partial charge on any atom is 0.251 e. The van der Waals surface area contributed by atoms with Crippen molar-refractivity contribution in [1.82, 2.24) is 4.90 Å². The molecular formula is C14H27ClN2O2. The molecule has 2 heterocycles. The molecule has 4 nitrogen and oxygen atoms in total. The quantitative estimate of drug-likeness (QED) is 0.864. The highest BCUT2D eigenvalue weighted by Crippen LogP contribution is 2.24. The van der Waals surface area contributed by atoms with Gasteiger partial charge in [0.1, 0.15) is 6.10 Å². The Morgan fingerprint density at radius 2 is 2.05 bits per heavy atom. The Morgan fingerprint density at radius 1 is 1.26 bits per heavy atom. The molecule has 0 aromatic carbocycles. The highest BCUT2D eigenvalue weighted by atomic mass is 35.5. The Bertz CT molecular complexity index is 289. The molecule has 2 N–H and O–H groups in total. The van der Waals surface area contributed by atoms with Crippen LogP contribution < -0.4 is 5.73 Å². The van der Waals surface area contributed by atoms with Gasteiger partial charge in [-0.05, 0) is 38.0 Å². The van der Waals surface area contributed by atoms with E-state index in [1.54, 1.807) is 0 Å². The minimum Gasteiger partial charge on any atom is -0.364 e. The van der Waals surface area contributed by atoms with E-state index in [0.29, 0.717) is 6.54 Å². The van der Waals surface area contributed by atoms with Crippen LogP contribution in [0, 0.1) is 5.92 Å². The van der Waals surface area contributed by atoms with Gasteiger partial charge >= 0.3 is 0 Å². The van der Waals surface area contributed by atoms with Crippen LogP contribution in [0.1, 0.15) is 45.4 Å². The van der Waals surface area contributed by atoms with Crippen molar-refractivity contribution >= 4 is 18.3 Å². The van der Waals surface area contributed by atoms with Crippen LogP contribution in [-0.2, 0) is 9.53 Å². The van der Waals surface area contributed by atoms with Gasteiger partial charge in [0.15, 0.2) is 0 Å². The third kappa shape index (κ3) is 4.33. The molecule has 0 aliphatic carbocycles. The summed E-state index contributed by atoms with van der Waals surface area (Å²) in [6.45, 7) is 4.59. The SMILES string of the molecule is CCC1CCCN(C(=O)[C@@H]2CC[C@H](CN)O2)CC1.Cl. The molecule has 0 aromatic heterocycles. The normalized spacial score (nSPS) is 31.7. The van der Waals surface area contributed by atoms with Crippen molar-refractivity contribution < 1.29 is 9.53 Å². The smallest absolute Gasteiger partial charge is 0.251 e. The molecule has 19 heavy (non-hydrogen) atoms. The molecule has 2 aliphatic rings. The number of halogens is 1. The number of amides is 1. The van der Waals surface area contributed by atoms with Crippen LogP contribution in [0.2, 0.25) is 0 Å². The zero-order chi connectivity index (χ0) is 13.0. The van der Waals surface area contributed by atoms with E-state index >= 15 is 0 Å². The zero-order valence-corrected chi connectivity index (χ0v) is 12.7. The maximum atomic E-state index is 12.4. The van der Waals surface area contributed by atoms with E-state index in [1.165, 1.54) is 12.8 Å². The lowest BCUT2D eigenvalue weighted by Gasteiger charge is -2.24. The van der Waals surface area contributed by atoms with E-state index in [-0.39, 0.29) is 30.5 Å². The van der Waals surface area contributed by atoms with Crippen molar-refractivity contribution in [3.63, 3.8) is 0 Å². The van der Waals surface area contributed by atoms with Gasteiger partial charge in [-0.3, -0.25) is 4.79 Å². The van der Waals surface area contributed by atoms with Crippen molar-refractivity contribution in [3.05, 3.63) is 0 Å². The number of hydrogen-bond donors (Lipinski definition) is 1. The first-order chi connectivity index (χ1) is 8.74. The minimum absolute atomic E-state index is 0. The average molecular weight is 291 g/mol. The first kappa shape index (κ1) is 16.7. The van der Waals surface area contributed by atoms with Gasteiger partial charge < -0.3 is 15.4 Å². The molecule has 5 heteroatoms. The predicted octanol–water partition coefficient (Wildman–Crippen LogP) is 1.95. The van der Waals surface area contributed by atoms with Gasteiger partial charge in [-0.1, -0.05) is 13.3 Å². The Labute approximate surface area is 122 Å². The summed E-state index contributed by atoms with van der Waals surface area (Å²) in [7, 11) is 0. The van der Waals surface area contributed by atoms with E-state index in [4.69, 9.17) is 10.5 Å². The predicted molar refractivity (Wildman–Crippen MR) is 78.4 cm³/mol. The van der Waals surface area contributed by atoms with Crippen molar-refractivity contribution in [2.24, 2.45) is 11.7 Å². The average Bonchev–Trinajstić information content (AvgIpc) is 2.75. The number of ether oxygens (including phenoxy) is 1. The second kappa shape index (κ2) is 8.08. The molecule has 112 valence electrons. The summed E-state index contributed by atoms with van der Waals surface area (Å²) < 4.78 is 5.70. The summed E-state index contributed by atoms with van der Waals surface area (Å²) in [6.07, 6.45) is 6.42. The number of likely N-dealkylation sites (tertiary alicyclic amines) is 1. The van der Waals surface area contributed by atoms with Gasteiger partial charge in [-0.2, -0.15) is 0 Å². The molecular weight excluding hydrogens is 264 g/mol. The third-order valence-electron chi connectivity index (χ3n) is 4.38. The zero-order valence-electron chi connectivity index (χ0n) is 11.8. The highest BCUT2D eigenvalue weighted by Gasteiger charge is 2.33. The fourth-order valence-electron chi connectivity index (χ4n) is 3.06. The molecule has 0 saturated carbocycles. The number of rotatable bonds is 3. The minimum atomic E-state index is -0.225. The van der Waals surface area contributed by atoms with Gasteiger partial charge in [0.05, 0.1) is 6.10 Å². The first-order valence-electron chi connectivity index (χ1n) is 7.39. The molecule has 2 saturated heterocycles. The number of carbonyl (C=O) groups is 1. The lowest BCUT2D eigenvalue weighted by molar-refractivity contribution is -0.142. The van der Waals surface area contributed by atoms with Gasteiger partial charge in [0.25, 0.3) is 5.91 Å². The lowest BCUT2D eigenvalue weighted by atomic mass is 9.98. The molecule has 2 aliphatic heterocycles. The van der Waals surface area contributed by atoms with Crippen molar-refractivity contribution in [3.8, 4) is 0 Å². The first-order valence-corrected chi connectivity index (χ1v) is 7.39. The number of nitrogens with two attached hydrogens (primary N) is 1. The molecule has 2 fully saturated rings. The van der Waals surface area contributed by atoms with Crippen LogP contribution >= 0.6 is 12.4 Å². The molecule has 0 bridgehead atoms. The monoisotopic (exact) mass is 290 g/mol. The molecule has 0 radical (unpaired) electrons. The summed E-state index contributed by atoms with van der Waals surface area (Å²) in [4.78, 5) is 14.4. The Hall–Kier alpha value is -0.320. The van der Waals surface area contributed by atoms with Crippen LogP contribution in [0.15, 0.2) is 0 Å². The maximum absolute atomic E-state index is 12.4. The summed E-state index contributed by atoms with van der Waals surface area (Å²) in [6, 6.07) is 0. The molecule has 2 rings (SSSR count). The second-order valence-corrected chi connectivity index (χ2v) is 5.59. The van der Waals surface area contributed by atoms with E-state index < -0.39 is 0 Å². The third-order valence-corrected chi connectivity index (χ3v) is 4.38. The van der Waals surface area contributed by atoms with Crippen LogP contribution in [0.25, 0.3) is 0 Å². The number of carbonyl (C=O) groups excluding carboxylic acids is 1. The molecule has 3 atom stereocenters. The summed E-state index contributed by atoms with van der Waals surface area (Å²) in [5.41, 5.74) is 5.59. The fraction of sp³-hybridized carbons (Fsp3) is 0.929. The van der Waals surface area contributed by atoms with E-state index in [2.05, 4.69) is 6.92 Å². The Morgan fingerprint density at radius 3 is 2.68 bits per heavy atom. The van der Waals surface area contributed by atoms with Crippen LogP contribution in [0.5, 0.6) is 0 Å². The van der Waals surface area contributed by atoms with Crippen LogP contribution in [0.4, 0.5) is 0 Å². The largest absolute Gasteiger partial charge is 0.364 e. The summed E-state index contributed by atoms with van der Waals surface area (Å²) in [5, 5.41) is 0. The fourth-order valence-corrected chi connectivity index (χ4v) is 3.06. The summed E-state index contributed by atoms with van der Waals surface area (Å²) >= 11 is 0. The van der Waals surface area contributed by atoms with Gasteiger partial charge in [0, 0.05) is 19.6 Å². The summed E-state index contributed by atoms with van der Waals surface area (Å²) in [5.74, 6) is 0.992. The molecule has 1 unspecified atom stereocenters. The van der Waals surface area contributed by atoms with E-state index in [0.717, 1.165) is 44.7 Å². The topological polar surface area (TPSA) is 55.6 Å². The number of nitrogens with zero attached hydrogens (tertiary/aromatic N) is 1. The van der Waals surface area contributed by atoms with Crippen molar-refractivity contribution in [1.29, 1.82) is 0 Å². The standard InChI is InChI=1S/C14H26N2O2.ClH/c1-2-11-4-3-8-16(9-7-11)14(17)13-6-5-12(10-15)18-13;/h11-13H,2-10,15H2,1H3;1H/t11?,12-,13+;/m1./s1. The van der Waals surface area contributed by atoms with Crippen molar-refractivity contribution in [2.45, 2.75) is 57.7 Å². The molecule has 0 spiro atoms. The highest BCUT2D eigenvalue weighted by molar-refractivity contribution is 5.85. The molecule has 1 amide bonds. The lowest BCUT2D eigenvalue weighted by Crippen LogP contribution is -2.40. The van der Waals surface area contributed by atoms with Crippen molar-refractivity contribution in [2.75, 3.05) is 19.6 Å². The van der Waals surface area contributed by atoms with Crippen LogP contribution in [0.3, 0.4) is 0 Å². The van der Waals surface area contributed by atoms with E-state index in [9.17, 15) is 4.79 Å². The van der Waals surface area contributed by atoms with Gasteiger partial charge in [0.2, 0.25) is 0 Å². The Kier molecular flexibility index (Phi) is 7.11. The Balaban J connectivity index is 0.00000180. The van der Waals surface area contributed by atoms with E-state index in [1.807, 2.05) is 4.90 Å². The molecule has 0 aromatic rings. The van der Waals surface area contributed by atoms with Gasteiger partial charge in [-0.15, -0.1) is 12.4 Å².